The van der Waals surface area contributed by atoms with Crippen LogP contribution in [0.1, 0.15) is 17.5 Å². The van der Waals surface area contributed by atoms with Crippen molar-refractivity contribution in [3.63, 3.8) is 0 Å². The lowest BCUT2D eigenvalue weighted by Gasteiger charge is -1.96. The molecule has 2 rings (SSSR count). The quantitative estimate of drug-likeness (QED) is 0.686. The second-order valence-corrected chi connectivity index (χ2v) is 4.48. The van der Waals surface area contributed by atoms with Crippen LogP contribution in [0.3, 0.4) is 0 Å². The van der Waals surface area contributed by atoms with Gasteiger partial charge in [-0.25, -0.2) is 9.78 Å². The van der Waals surface area contributed by atoms with Crippen molar-refractivity contribution in [2.24, 2.45) is 0 Å². The summed E-state index contributed by atoms with van der Waals surface area (Å²) in [5, 5.41) is 6.55. The molecule has 0 aliphatic rings. The molecule has 1 heterocycles. The monoisotopic (exact) mass is 343 g/mol. The first-order valence-electron chi connectivity index (χ1n) is 5.06. The van der Waals surface area contributed by atoms with Gasteiger partial charge in [0.2, 0.25) is 5.82 Å². The van der Waals surface area contributed by atoms with Crippen LogP contribution in [-0.4, -0.2) is 27.8 Å². The Balaban J connectivity index is 2.23. The third kappa shape index (κ3) is 2.82. The van der Waals surface area contributed by atoms with Crippen LogP contribution in [0.15, 0.2) is 24.3 Å². The minimum absolute atomic E-state index is 0.125. The summed E-state index contributed by atoms with van der Waals surface area (Å²) >= 11 is 2.22. The molecule has 2 aromatic rings. The van der Waals surface area contributed by atoms with Gasteiger partial charge in [0.15, 0.2) is 5.82 Å². The Morgan fingerprint density at radius 2 is 2.12 bits per heavy atom. The summed E-state index contributed by atoms with van der Waals surface area (Å²) in [6.07, 6.45) is 0. The fourth-order valence-electron chi connectivity index (χ4n) is 1.28. The van der Waals surface area contributed by atoms with E-state index >= 15 is 0 Å². The first-order chi connectivity index (χ1) is 8.20. The zero-order chi connectivity index (χ0) is 12.3. The Bertz CT molecular complexity index is 522. The number of carbonyl (C=O) groups excluding carboxylic acids is 1. The summed E-state index contributed by atoms with van der Waals surface area (Å²) in [4.78, 5) is 15.5. The number of halogens is 1. The molecule has 1 aromatic heterocycles. The van der Waals surface area contributed by atoms with Crippen LogP contribution in [0.25, 0.3) is 11.4 Å². The van der Waals surface area contributed by atoms with E-state index in [-0.39, 0.29) is 5.82 Å². The van der Waals surface area contributed by atoms with Gasteiger partial charge in [0.25, 0.3) is 0 Å². The maximum Gasteiger partial charge on any atom is 0.375 e. The molecule has 6 heteroatoms. The first kappa shape index (κ1) is 12.0. The molecule has 0 saturated carbocycles. The third-order valence-electron chi connectivity index (χ3n) is 2.06. The van der Waals surface area contributed by atoms with Crippen LogP contribution in [0.5, 0.6) is 0 Å². The van der Waals surface area contributed by atoms with E-state index in [2.05, 4.69) is 37.8 Å². The molecule has 0 radical (unpaired) electrons. The van der Waals surface area contributed by atoms with Crippen LogP contribution in [0.2, 0.25) is 0 Å². The highest BCUT2D eigenvalue weighted by atomic mass is 127. The summed E-state index contributed by atoms with van der Waals surface area (Å²) < 4.78 is 5.95. The Hall–Kier alpha value is -1.44. The first-order valence-corrected chi connectivity index (χ1v) is 6.14. The Morgan fingerprint density at radius 1 is 1.41 bits per heavy atom. The third-order valence-corrected chi connectivity index (χ3v) is 2.78. The van der Waals surface area contributed by atoms with Gasteiger partial charge in [-0.3, -0.25) is 5.10 Å². The molecular weight excluding hydrogens is 333 g/mol. The van der Waals surface area contributed by atoms with Gasteiger partial charge in [-0.2, -0.15) is 5.10 Å². The van der Waals surface area contributed by atoms with Crippen LogP contribution in [0, 0.1) is 3.57 Å². The fraction of sp³-hybridized carbons (Fsp3) is 0.182. The molecule has 0 atom stereocenters. The molecule has 0 fully saturated rings. The number of ether oxygens (including phenoxy) is 1. The van der Waals surface area contributed by atoms with Crippen LogP contribution in [0.4, 0.5) is 0 Å². The van der Waals surface area contributed by atoms with E-state index in [1.807, 2.05) is 24.3 Å². The number of hydrogen-bond donors (Lipinski definition) is 1. The average Bonchev–Trinajstić information content (AvgIpc) is 2.80. The molecule has 0 aliphatic heterocycles. The highest BCUT2D eigenvalue weighted by Gasteiger charge is 2.13. The molecule has 88 valence electrons. The number of benzene rings is 1. The topological polar surface area (TPSA) is 67.9 Å². The molecule has 5 nitrogen and oxygen atoms in total. The molecule has 17 heavy (non-hydrogen) atoms. The van der Waals surface area contributed by atoms with Gasteiger partial charge in [-0.15, -0.1) is 0 Å². The highest BCUT2D eigenvalue weighted by Crippen LogP contribution is 2.16. The number of aromatic nitrogens is 3. The SMILES string of the molecule is CCOC(=O)c1nc(-c2ccc(I)cc2)n[nH]1. The second kappa shape index (κ2) is 5.26. The number of nitrogens with zero attached hydrogens (tertiary/aromatic N) is 2. The molecule has 0 bridgehead atoms. The second-order valence-electron chi connectivity index (χ2n) is 3.23. The Labute approximate surface area is 112 Å². The smallest absolute Gasteiger partial charge is 0.375 e. The van der Waals surface area contributed by atoms with E-state index in [1.165, 1.54) is 0 Å². The molecule has 0 aliphatic carbocycles. The van der Waals surface area contributed by atoms with Crippen LogP contribution >= 0.6 is 22.6 Å². The van der Waals surface area contributed by atoms with Gasteiger partial charge in [0, 0.05) is 9.13 Å². The van der Waals surface area contributed by atoms with E-state index in [0.717, 1.165) is 9.13 Å². The summed E-state index contributed by atoms with van der Waals surface area (Å²) in [6, 6.07) is 7.71. The lowest BCUT2D eigenvalue weighted by Crippen LogP contribution is -2.06. The van der Waals surface area contributed by atoms with Crippen molar-refractivity contribution < 1.29 is 9.53 Å². The highest BCUT2D eigenvalue weighted by molar-refractivity contribution is 14.1. The Kier molecular flexibility index (Phi) is 3.72. The fourth-order valence-corrected chi connectivity index (χ4v) is 1.64. The number of rotatable bonds is 3. The van der Waals surface area contributed by atoms with Gasteiger partial charge < -0.3 is 4.74 Å². The van der Waals surface area contributed by atoms with Gasteiger partial charge in [0.1, 0.15) is 0 Å². The predicted molar refractivity (Wildman–Crippen MR) is 70.5 cm³/mol. The zero-order valence-corrected chi connectivity index (χ0v) is 11.3. The normalized spacial score (nSPS) is 10.2. The van der Waals surface area contributed by atoms with E-state index in [1.54, 1.807) is 6.92 Å². The van der Waals surface area contributed by atoms with Gasteiger partial charge >= 0.3 is 5.97 Å². The van der Waals surface area contributed by atoms with E-state index in [4.69, 9.17) is 4.74 Å². The number of hydrogen-bond acceptors (Lipinski definition) is 4. The molecular formula is C11H10IN3O2. The number of aromatic amines is 1. The van der Waals surface area contributed by atoms with Crippen molar-refractivity contribution in [3.05, 3.63) is 33.7 Å². The molecule has 0 amide bonds. The number of nitrogens with one attached hydrogen (secondary N) is 1. The van der Waals surface area contributed by atoms with Gasteiger partial charge in [0.05, 0.1) is 6.61 Å². The van der Waals surface area contributed by atoms with Crippen molar-refractivity contribution in [2.45, 2.75) is 6.92 Å². The molecule has 1 aromatic carbocycles. The maximum atomic E-state index is 11.4. The van der Waals surface area contributed by atoms with Crippen LogP contribution in [-0.2, 0) is 4.74 Å². The van der Waals surface area contributed by atoms with Crippen molar-refractivity contribution in [3.8, 4) is 11.4 Å². The maximum absolute atomic E-state index is 11.4. The minimum atomic E-state index is -0.489. The summed E-state index contributed by atoms with van der Waals surface area (Å²) in [7, 11) is 0. The summed E-state index contributed by atoms with van der Waals surface area (Å²) in [5.74, 6) is 0.126. The molecule has 0 unspecified atom stereocenters. The van der Waals surface area contributed by atoms with Crippen molar-refractivity contribution in [2.75, 3.05) is 6.61 Å². The lowest BCUT2D eigenvalue weighted by molar-refractivity contribution is 0.0512. The largest absolute Gasteiger partial charge is 0.460 e. The lowest BCUT2D eigenvalue weighted by atomic mass is 10.2. The standard InChI is InChI=1S/C11H10IN3O2/c1-2-17-11(16)10-13-9(14-15-10)7-3-5-8(12)6-4-7/h3-6H,2H2,1H3,(H,13,14,15). The predicted octanol–water partition coefficient (Wildman–Crippen LogP) is 2.25. The minimum Gasteiger partial charge on any atom is -0.460 e. The zero-order valence-electron chi connectivity index (χ0n) is 9.11. The Morgan fingerprint density at radius 3 is 2.76 bits per heavy atom. The molecule has 1 N–H and O–H groups in total. The average molecular weight is 343 g/mol. The molecule has 0 saturated heterocycles. The number of H-pyrrole nitrogens is 1. The number of carbonyl (C=O) groups is 1. The van der Waals surface area contributed by atoms with E-state index in [9.17, 15) is 4.79 Å². The van der Waals surface area contributed by atoms with E-state index < -0.39 is 5.97 Å². The molecule has 0 spiro atoms. The summed E-state index contributed by atoms with van der Waals surface area (Å²) in [6.45, 7) is 2.06. The van der Waals surface area contributed by atoms with Gasteiger partial charge in [-0.05, 0) is 41.6 Å². The van der Waals surface area contributed by atoms with Crippen molar-refractivity contribution in [1.29, 1.82) is 0 Å². The van der Waals surface area contributed by atoms with Crippen molar-refractivity contribution >= 4 is 28.6 Å². The van der Waals surface area contributed by atoms with Gasteiger partial charge in [-0.1, -0.05) is 12.1 Å². The van der Waals surface area contributed by atoms with Crippen molar-refractivity contribution in [1.82, 2.24) is 15.2 Å². The van der Waals surface area contributed by atoms with Crippen LogP contribution < -0.4 is 0 Å². The summed E-state index contributed by atoms with van der Waals surface area (Å²) in [5.41, 5.74) is 0.859. The van der Waals surface area contributed by atoms with E-state index in [0.29, 0.717) is 12.4 Å². The number of esters is 1.